The Hall–Kier alpha value is -1.00. The van der Waals surface area contributed by atoms with Crippen LogP contribution in [0.4, 0.5) is 5.82 Å². The van der Waals surface area contributed by atoms with Gasteiger partial charge in [-0.15, -0.1) is 0 Å². The van der Waals surface area contributed by atoms with Crippen molar-refractivity contribution in [3.63, 3.8) is 0 Å². The number of anilines is 1. The minimum Gasteiger partial charge on any atom is -0.383 e. The lowest BCUT2D eigenvalue weighted by molar-refractivity contribution is 0.598. The van der Waals surface area contributed by atoms with E-state index in [-0.39, 0.29) is 6.04 Å². The lowest BCUT2D eigenvalue weighted by atomic mass is 9.99. The molecule has 0 aliphatic carbocycles. The third-order valence-corrected chi connectivity index (χ3v) is 3.69. The first kappa shape index (κ1) is 16.4. The molecule has 3 N–H and O–H groups in total. The Morgan fingerprint density at radius 3 is 2.38 bits per heavy atom. The number of aromatic nitrogens is 1. The SMILES string of the molecule is CCCNC(c1cc(Cl)cc(Cl)c1)c1cc(Cl)cnc1N. The van der Waals surface area contributed by atoms with E-state index in [0.29, 0.717) is 20.9 Å². The van der Waals surface area contributed by atoms with Crippen LogP contribution >= 0.6 is 34.8 Å². The van der Waals surface area contributed by atoms with Crippen molar-refractivity contribution in [2.45, 2.75) is 19.4 Å². The number of pyridine rings is 1. The number of rotatable bonds is 5. The minimum absolute atomic E-state index is 0.160. The Morgan fingerprint density at radius 2 is 1.76 bits per heavy atom. The summed E-state index contributed by atoms with van der Waals surface area (Å²) in [6, 6.07) is 7.07. The second-order valence-corrected chi connectivity index (χ2v) is 6.03. The summed E-state index contributed by atoms with van der Waals surface area (Å²) in [5, 5.41) is 5.12. The molecule has 0 amide bonds. The van der Waals surface area contributed by atoms with Crippen molar-refractivity contribution in [3.8, 4) is 0 Å². The lowest BCUT2D eigenvalue weighted by Gasteiger charge is -2.21. The fourth-order valence-electron chi connectivity index (χ4n) is 2.13. The van der Waals surface area contributed by atoms with Gasteiger partial charge in [-0.05, 0) is 42.8 Å². The van der Waals surface area contributed by atoms with Gasteiger partial charge in [0.05, 0.1) is 11.1 Å². The van der Waals surface area contributed by atoms with Gasteiger partial charge in [0, 0.05) is 21.8 Å². The molecule has 0 radical (unpaired) electrons. The number of nitrogens with one attached hydrogen (secondary N) is 1. The Labute approximate surface area is 139 Å². The summed E-state index contributed by atoms with van der Waals surface area (Å²) in [5.74, 6) is 0.434. The van der Waals surface area contributed by atoms with Crippen molar-refractivity contribution >= 4 is 40.6 Å². The maximum absolute atomic E-state index is 6.10. The van der Waals surface area contributed by atoms with Crippen LogP contribution < -0.4 is 11.1 Å². The zero-order chi connectivity index (χ0) is 15.4. The number of nitrogen functional groups attached to an aromatic ring is 1. The summed E-state index contributed by atoms with van der Waals surface area (Å²) < 4.78 is 0. The van der Waals surface area contributed by atoms with Crippen LogP contribution in [0.15, 0.2) is 30.5 Å². The highest BCUT2D eigenvalue weighted by molar-refractivity contribution is 6.34. The number of benzene rings is 1. The maximum atomic E-state index is 6.10. The van der Waals surface area contributed by atoms with Crippen molar-refractivity contribution in [1.82, 2.24) is 10.3 Å². The summed E-state index contributed by atoms with van der Waals surface area (Å²) in [5.41, 5.74) is 7.74. The van der Waals surface area contributed by atoms with Gasteiger partial charge in [0.25, 0.3) is 0 Å². The summed E-state index contributed by atoms with van der Waals surface area (Å²) in [4.78, 5) is 4.12. The fraction of sp³-hybridized carbons (Fsp3) is 0.267. The average molecular weight is 345 g/mol. The standard InChI is InChI=1S/C15H16Cl3N3/c1-2-3-20-14(9-4-10(16)6-11(17)5-9)13-7-12(18)8-21-15(13)19/h4-8,14,20H,2-3H2,1H3,(H2,19,21). The summed E-state index contributed by atoms with van der Waals surface area (Å²) in [7, 11) is 0. The van der Waals surface area contributed by atoms with Gasteiger partial charge >= 0.3 is 0 Å². The first-order chi connectivity index (χ1) is 10.0. The van der Waals surface area contributed by atoms with Crippen LogP contribution in [0.1, 0.15) is 30.5 Å². The van der Waals surface area contributed by atoms with Crippen molar-refractivity contribution in [2.24, 2.45) is 0 Å². The second-order valence-electron chi connectivity index (χ2n) is 4.72. The van der Waals surface area contributed by atoms with Gasteiger partial charge < -0.3 is 11.1 Å². The summed E-state index contributed by atoms with van der Waals surface area (Å²) in [6.07, 6.45) is 2.51. The zero-order valence-corrected chi connectivity index (χ0v) is 13.8. The topological polar surface area (TPSA) is 50.9 Å². The van der Waals surface area contributed by atoms with Gasteiger partial charge in [0.15, 0.2) is 0 Å². The van der Waals surface area contributed by atoms with Crippen LogP contribution in [0.25, 0.3) is 0 Å². The highest BCUT2D eigenvalue weighted by Gasteiger charge is 2.18. The monoisotopic (exact) mass is 343 g/mol. The Kier molecular flexibility index (Phi) is 5.71. The van der Waals surface area contributed by atoms with Crippen molar-refractivity contribution in [2.75, 3.05) is 12.3 Å². The van der Waals surface area contributed by atoms with Crippen LogP contribution in [0, 0.1) is 0 Å². The Morgan fingerprint density at radius 1 is 1.10 bits per heavy atom. The first-order valence-electron chi connectivity index (χ1n) is 6.61. The molecule has 1 aromatic heterocycles. The second kappa shape index (κ2) is 7.32. The molecule has 0 bridgehead atoms. The predicted octanol–water partition coefficient (Wildman–Crippen LogP) is 4.71. The van der Waals surface area contributed by atoms with Gasteiger partial charge in [-0.25, -0.2) is 4.98 Å². The largest absolute Gasteiger partial charge is 0.383 e. The normalized spacial score (nSPS) is 12.4. The molecule has 2 rings (SSSR count). The molecular weight excluding hydrogens is 329 g/mol. The van der Waals surface area contributed by atoms with E-state index < -0.39 is 0 Å². The molecule has 1 atom stereocenters. The van der Waals surface area contributed by atoms with E-state index >= 15 is 0 Å². The molecule has 3 nitrogen and oxygen atoms in total. The molecule has 1 aromatic carbocycles. The van der Waals surface area contributed by atoms with Crippen molar-refractivity contribution in [3.05, 3.63) is 56.7 Å². The molecule has 0 aliphatic heterocycles. The van der Waals surface area contributed by atoms with Gasteiger partial charge in [0.1, 0.15) is 5.82 Å². The molecule has 0 aliphatic rings. The molecule has 21 heavy (non-hydrogen) atoms. The van der Waals surface area contributed by atoms with Crippen LogP contribution in [0.5, 0.6) is 0 Å². The number of nitrogens with zero attached hydrogens (tertiary/aromatic N) is 1. The van der Waals surface area contributed by atoms with Crippen LogP contribution in [-0.4, -0.2) is 11.5 Å². The molecule has 1 heterocycles. The molecule has 0 saturated heterocycles. The van der Waals surface area contributed by atoms with Crippen LogP contribution in [0.3, 0.4) is 0 Å². The lowest BCUT2D eigenvalue weighted by Crippen LogP contribution is -2.24. The Bertz CT molecular complexity index is 611. The van der Waals surface area contributed by atoms with E-state index in [0.717, 1.165) is 24.1 Å². The molecule has 0 fully saturated rings. The third-order valence-electron chi connectivity index (χ3n) is 3.04. The highest BCUT2D eigenvalue weighted by atomic mass is 35.5. The molecule has 1 unspecified atom stereocenters. The van der Waals surface area contributed by atoms with Gasteiger partial charge in [-0.2, -0.15) is 0 Å². The molecule has 0 spiro atoms. The van der Waals surface area contributed by atoms with Gasteiger partial charge in [-0.3, -0.25) is 0 Å². The average Bonchev–Trinajstić information content (AvgIpc) is 2.42. The maximum Gasteiger partial charge on any atom is 0.128 e. The zero-order valence-electron chi connectivity index (χ0n) is 11.5. The van der Waals surface area contributed by atoms with E-state index in [9.17, 15) is 0 Å². The van der Waals surface area contributed by atoms with Crippen LogP contribution in [0.2, 0.25) is 15.1 Å². The van der Waals surface area contributed by atoms with E-state index in [1.807, 2.05) is 18.2 Å². The van der Waals surface area contributed by atoms with E-state index in [1.54, 1.807) is 6.07 Å². The number of hydrogen-bond acceptors (Lipinski definition) is 3. The smallest absolute Gasteiger partial charge is 0.128 e. The van der Waals surface area contributed by atoms with Crippen molar-refractivity contribution in [1.29, 1.82) is 0 Å². The predicted molar refractivity (Wildman–Crippen MR) is 90.3 cm³/mol. The fourth-order valence-corrected chi connectivity index (χ4v) is 2.84. The summed E-state index contributed by atoms with van der Waals surface area (Å²) in [6.45, 7) is 2.91. The minimum atomic E-state index is -0.160. The molecule has 6 heteroatoms. The van der Waals surface area contributed by atoms with Gasteiger partial charge in [0.2, 0.25) is 0 Å². The van der Waals surface area contributed by atoms with Crippen molar-refractivity contribution < 1.29 is 0 Å². The van der Waals surface area contributed by atoms with Crippen LogP contribution in [-0.2, 0) is 0 Å². The molecule has 112 valence electrons. The van der Waals surface area contributed by atoms with E-state index in [2.05, 4.69) is 17.2 Å². The van der Waals surface area contributed by atoms with E-state index in [1.165, 1.54) is 6.20 Å². The first-order valence-corrected chi connectivity index (χ1v) is 7.75. The molecule has 0 saturated carbocycles. The quantitative estimate of drug-likeness (QED) is 0.825. The Balaban J connectivity index is 2.49. The summed E-state index contributed by atoms with van der Waals surface area (Å²) >= 11 is 18.3. The molecule has 2 aromatic rings. The highest BCUT2D eigenvalue weighted by Crippen LogP contribution is 2.31. The van der Waals surface area contributed by atoms with Gasteiger partial charge in [-0.1, -0.05) is 41.7 Å². The van der Waals surface area contributed by atoms with E-state index in [4.69, 9.17) is 40.5 Å². The molecular formula is C15H16Cl3N3. The number of hydrogen-bond donors (Lipinski definition) is 2. The number of nitrogens with two attached hydrogens (primary N) is 1. The third kappa shape index (κ3) is 4.24. The number of halogens is 3.